The number of hydrogen-bond donors (Lipinski definition) is 0. The van der Waals surface area contributed by atoms with Crippen LogP contribution in [0.5, 0.6) is 0 Å². The van der Waals surface area contributed by atoms with Gasteiger partial charge in [-0.05, 0) is 23.3 Å². The van der Waals surface area contributed by atoms with Gasteiger partial charge in [-0.3, -0.25) is 0 Å². The second kappa shape index (κ2) is 0.525. The quantitative estimate of drug-likeness (QED) is 0.421. The maximum Gasteiger partial charge on any atom is -0.00272 e. The molecule has 3 atom stereocenters. The van der Waals surface area contributed by atoms with Crippen LogP contribution in [0, 0.1) is 17.8 Å². The summed E-state index contributed by atoms with van der Waals surface area (Å²) in [7, 11) is 0. The molecule has 0 nitrogen and oxygen atoms in total. The van der Waals surface area contributed by atoms with Crippen LogP contribution in [0.4, 0.5) is 0 Å². The number of hydrogen-bond acceptors (Lipinski definition) is 0. The van der Waals surface area contributed by atoms with E-state index >= 15 is 0 Å². The minimum Gasteiger partial charge on any atom is -0.0799 e. The van der Waals surface area contributed by atoms with Gasteiger partial charge in [-0.1, -0.05) is 18.2 Å². The molecule has 0 aromatic heterocycles. The van der Waals surface area contributed by atoms with Gasteiger partial charge in [0.25, 0.3) is 0 Å². The van der Waals surface area contributed by atoms with Gasteiger partial charge in [0, 0.05) is 0 Å². The molecule has 0 bridgehead atoms. The zero-order valence-corrected chi connectivity index (χ0v) is 3.96. The van der Waals surface area contributed by atoms with Crippen molar-refractivity contribution in [2.24, 2.45) is 17.8 Å². The molecule has 3 aliphatic carbocycles. The van der Waals surface area contributed by atoms with Gasteiger partial charge in [0.15, 0.2) is 0 Å². The second-order valence-electron chi connectivity index (χ2n) is 2.71. The minimum atomic E-state index is 0.981. The Labute approximate surface area is 42.5 Å². The Morgan fingerprint density at radius 3 is 2.43 bits per heavy atom. The Bertz CT molecular complexity index is 182. The number of allylic oxidation sites excluding steroid dienone is 4. The summed E-state index contributed by atoms with van der Waals surface area (Å²) in [5, 5.41) is 0. The smallest absolute Gasteiger partial charge is 0.00272 e. The number of fused-ring (bicyclic) bond motifs is 1. The van der Waals surface area contributed by atoms with Crippen LogP contribution in [0.25, 0.3) is 0 Å². The molecule has 1 fully saturated rings. The van der Waals surface area contributed by atoms with E-state index in [0.29, 0.717) is 0 Å². The Balaban J connectivity index is 2.38. The normalized spacial score (nSPS) is 58.3. The fourth-order valence-corrected chi connectivity index (χ4v) is 1.87. The Morgan fingerprint density at radius 2 is 2.29 bits per heavy atom. The predicted octanol–water partition coefficient (Wildman–Crippen LogP) is 1.36. The van der Waals surface area contributed by atoms with E-state index in [0.717, 1.165) is 17.8 Å². The molecule has 1 saturated carbocycles. The molecule has 0 aromatic carbocycles. The van der Waals surface area contributed by atoms with Gasteiger partial charge in [-0.15, -0.1) is 0 Å². The maximum atomic E-state index is 2.40. The first kappa shape index (κ1) is 2.71. The number of rotatable bonds is 0. The molecule has 0 aliphatic heterocycles. The van der Waals surface area contributed by atoms with Crippen LogP contribution in [0.1, 0.15) is 0 Å². The summed E-state index contributed by atoms with van der Waals surface area (Å²) in [6.07, 6.45) is 7.02. The molecule has 7 heavy (non-hydrogen) atoms. The maximum absolute atomic E-state index is 2.40. The monoisotopic (exact) mass is 90.0 g/mol. The first-order valence-corrected chi connectivity index (χ1v) is 2.87. The standard InChI is InChI=1S/C7H6/c1-2-5-6-3-4(1)7(5)6/h1-3,5-7H. The van der Waals surface area contributed by atoms with E-state index in [2.05, 4.69) is 18.2 Å². The van der Waals surface area contributed by atoms with E-state index in [4.69, 9.17) is 0 Å². The van der Waals surface area contributed by atoms with Crippen molar-refractivity contribution in [1.29, 1.82) is 0 Å². The predicted molar refractivity (Wildman–Crippen MR) is 27.7 cm³/mol. The Hall–Kier alpha value is -0.520. The minimum absolute atomic E-state index is 0.981. The third kappa shape index (κ3) is 0.131. The lowest BCUT2D eigenvalue weighted by Crippen LogP contribution is -1.93. The van der Waals surface area contributed by atoms with Crippen LogP contribution in [0.2, 0.25) is 0 Å². The fraction of sp³-hybridized carbons (Fsp3) is 0.429. The highest BCUT2D eigenvalue weighted by molar-refractivity contribution is 5.51. The van der Waals surface area contributed by atoms with Crippen LogP contribution >= 0.6 is 0 Å². The molecule has 0 aromatic rings. The highest BCUT2D eigenvalue weighted by Gasteiger charge is 2.57. The first-order valence-electron chi connectivity index (χ1n) is 2.87. The van der Waals surface area contributed by atoms with Gasteiger partial charge >= 0.3 is 0 Å². The van der Waals surface area contributed by atoms with Gasteiger partial charge in [0.1, 0.15) is 0 Å². The summed E-state index contributed by atoms with van der Waals surface area (Å²) in [6.45, 7) is 0. The van der Waals surface area contributed by atoms with Gasteiger partial charge in [0.05, 0.1) is 0 Å². The third-order valence-corrected chi connectivity index (χ3v) is 2.41. The summed E-state index contributed by atoms with van der Waals surface area (Å²) in [5.41, 5.74) is 1.62. The molecule has 0 amide bonds. The van der Waals surface area contributed by atoms with Crippen LogP contribution in [0.15, 0.2) is 23.8 Å². The Kier molecular flexibility index (Phi) is 0.203. The van der Waals surface area contributed by atoms with E-state index < -0.39 is 0 Å². The van der Waals surface area contributed by atoms with Crippen molar-refractivity contribution in [2.45, 2.75) is 0 Å². The molecule has 0 N–H and O–H groups in total. The molecule has 3 rings (SSSR count). The summed E-state index contributed by atoms with van der Waals surface area (Å²) >= 11 is 0. The van der Waals surface area contributed by atoms with Crippen molar-refractivity contribution < 1.29 is 0 Å². The summed E-state index contributed by atoms with van der Waals surface area (Å²) in [4.78, 5) is 0. The molecule has 34 valence electrons. The molecule has 0 radical (unpaired) electrons. The van der Waals surface area contributed by atoms with Gasteiger partial charge in [0.2, 0.25) is 0 Å². The molecule has 0 saturated heterocycles. The summed E-state index contributed by atoms with van der Waals surface area (Å²) in [6, 6.07) is 0. The second-order valence-corrected chi connectivity index (χ2v) is 2.71. The fourth-order valence-electron chi connectivity index (χ4n) is 1.87. The van der Waals surface area contributed by atoms with E-state index in [1.165, 1.54) is 0 Å². The Morgan fingerprint density at radius 1 is 1.29 bits per heavy atom. The van der Waals surface area contributed by atoms with E-state index in [9.17, 15) is 0 Å². The SMILES string of the molecule is C1=CC2C3C=C1C23. The average Bonchev–Trinajstić information content (AvgIpc) is 2.02. The van der Waals surface area contributed by atoms with Gasteiger partial charge in [-0.25, -0.2) is 0 Å². The van der Waals surface area contributed by atoms with Crippen molar-refractivity contribution in [2.75, 3.05) is 0 Å². The van der Waals surface area contributed by atoms with Crippen molar-refractivity contribution in [3.63, 3.8) is 0 Å². The lowest BCUT2D eigenvalue weighted by atomic mass is 9.99. The molecule has 0 heterocycles. The van der Waals surface area contributed by atoms with Crippen molar-refractivity contribution in [1.82, 2.24) is 0 Å². The van der Waals surface area contributed by atoms with Crippen molar-refractivity contribution in [3.05, 3.63) is 23.8 Å². The summed E-state index contributed by atoms with van der Waals surface area (Å²) < 4.78 is 0. The van der Waals surface area contributed by atoms with Crippen LogP contribution < -0.4 is 0 Å². The lowest BCUT2D eigenvalue weighted by molar-refractivity contribution is 0.855. The van der Waals surface area contributed by atoms with E-state index in [1.54, 1.807) is 5.57 Å². The highest BCUT2D eigenvalue weighted by atomic mass is 14.6. The highest BCUT2D eigenvalue weighted by Crippen LogP contribution is 2.64. The topological polar surface area (TPSA) is 0 Å². The van der Waals surface area contributed by atoms with Gasteiger partial charge in [-0.2, -0.15) is 0 Å². The summed E-state index contributed by atoms with van der Waals surface area (Å²) in [5.74, 6) is 3.02. The molecule has 0 spiro atoms. The van der Waals surface area contributed by atoms with Gasteiger partial charge < -0.3 is 0 Å². The largest absolute Gasteiger partial charge is 0.0799 e. The van der Waals surface area contributed by atoms with Crippen LogP contribution in [-0.4, -0.2) is 0 Å². The van der Waals surface area contributed by atoms with Crippen LogP contribution in [0.3, 0.4) is 0 Å². The molecule has 0 heteroatoms. The van der Waals surface area contributed by atoms with Crippen LogP contribution in [-0.2, 0) is 0 Å². The molecular weight excluding hydrogens is 84.1 g/mol. The average molecular weight is 90.1 g/mol. The molecular formula is C7H6. The van der Waals surface area contributed by atoms with E-state index in [-0.39, 0.29) is 0 Å². The van der Waals surface area contributed by atoms with E-state index in [1.807, 2.05) is 0 Å². The third-order valence-electron chi connectivity index (χ3n) is 2.41. The van der Waals surface area contributed by atoms with Crippen molar-refractivity contribution in [3.8, 4) is 0 Å². The molecule has 3 aliphatic rings. The van der Waals surface area contributed by atoms with Crippen molar-refractivity contribution >= 4 is 0 Å². The molecule has 3 unspecified atom stereocenters. The lowest BCUT2D eigenvalue weighted by Gasteiger charge is -2.06. The zero-order chi connectivity index (χ0) is 4.43. The zero-order valence-electron chi connectivity index (χ0n) is 3.96. The first-order chi connectivity index (χ1) is 3.47.